The zero-order valence-electron chi connectivity index (χ0n) is 11.3. The first-order chi connectivity index (χ1) is 8.66. The van der Waals surface area contributed by atoms with Gasteiger partial charge in [0.15, 0.2) is 0 Å². The molecule has 1 aliphatic heterocycles. The van der Waals surface area contributed by atoms with Gasteiger partial charge in [-0.2, -0.15) is 0 Å². The molecule has 1 aromatic rings. The molecule has 98 valence electrons. The molecule has 1 heterocycles. The number of para-hydroxylation sites is 1. The average Bonchev–Trinajstić information content (AvgIpc) is 2.35. The number of carbonyl (C=O) groups excluding carboxylic acids is 1. The van der Waals surface area contributed by atoms with E-state index in [9.17, 15) is 4.79 Å². The highest BCUT2D eigenvalue weighted by Crippen LogP contribution is 2.17. The quantitative estimate of drug-likeness (QED) is 0.889. The van der Waals surface area contributed by atoms with Crippen LogP contribution in [0.4, 0.5) is 5.69 Å². The van der Waals surface area contributed by atoms with Crippen molar-refractivity contribution in [2.75, 3.05) is 18.4 Å². The Morgan fingerprint density at radius 3 is 2.89 bits per heavy atom. The highest BCUT2D eigenvalue weighted by molar-refractivity contribution is 5.92. The van der Waals surface area contributed by atoms with E-state index in [4.69, 9.17) is 0 Å². The standard InChI is InChI=1S/C15H22N2O/c1-12-7-3-4-9-14(12)16-15(18)11-17-10-6-5-8-13(17)2/h3-4,7,9,13H,5-6,8,10-11H2,1-2H3,(H,16,18)/t13-/m0/s1. The van der Waals surface area contributed by atoms with Crippen molar-refractivity contribution in [1.29, 1.82) is 0 Å². The van der Waals surface area contributed by atoms with Gasteiger partial charge in [-0.1, -0.05) is 24.6 Å². The van der Waals surface area contributed by atoms with E-state index in [0.29, 0.717) is 12.6 Å². The van der Waals surface area contributed by atoms with Crippen LogP contribution in [0.2, 0.25) is 0 Å². The van der Waals surface area contributed by atoms with E-state index in [0.717, 1.165) is 17.8 Å². The maximum absolute atomic E-state index is 12.0. The molecular weight excluding hydrogens is 224 g/mol. The zero-order chi connectivity index (χ0) is 13.0. The van der Waals surface area contributed by atoms with Gasteiger partial charge in [0.1, 0.15) is 0 Å². The van der Waals surface area contributed by atoms with Crippen LogP contribution < -0.4 is 5.32 Å². The molecule has 0 radical (unpaired) electrons. The van der Waals surface area contributed by atoms with Crippen molar-refractivity contribution in [2.45, 2.75) is 39.2 Å². The minimum absolute atomic E-state index is 0.0954. The summed E-state index contributed by atoms with van der Waals surface area (Å²) in [6.07, 6.45) is 3.71. The fourth-order valence-corrected chi connectivity index (χ4v) is 2.48. The molecule has 0 aromatic heterocycles. The van der Waals surface area contributed by atoms with Gasteiger partial charge in [-0.05, 0) is 44.9 Å². The first-order valence-corrected chi connectivity index (χ1v) is 6.76. The lowest BCUT2D eigenvalue weighted by atomic mass is 10.0. The van der Waals surface area contributed by atoms with Gasteiger partial charge in [-0.25, -0.2) is 0 Å². The minimum atomic E-state index is 0.0954. The maximum atomic E-state index is 12.0. The van der Waals surface area contributed by atoms with Crippen molar-refractivity contribution in [3.8, 4) is 0 Å². The fraction of sp³-hybridized carbons (Fsp3) is 0.533. The number of amides is 1. The van der Waals surface area contributed by atoms with Crippen molar-refractivity contribution in [3.05, 3.63) is 29.8 Å². The Balaban J connectivity index is 1.90. The summed E-state index contributed by atoms with van der Waals surface area (Å²) in [5.74, 6) is 0.0954. The Labute approximate surface area is 109 Å². The number of benzene rings is 1. The second-order valence-electron chi connectivity index (χ2n) is 5.18. The molecule has 2 rings (SSSR count). The van der Waals surface area contributed by atoms with Crippen molar-refractivity contribution in [3.63, 3.8) is 0 Å². The molecule has 0 aliphatic carbocycles. The van der Waals surface area contributed by atoms with Crippen LogP contribution in [-0.4, -0.2) is 29.9 Å². The lowest BCUT2D eigenvalue weighted by molar-refractivity contribution is -0.118. The summed E-state index contributed by atoms with van der Waals surface area (Å²) in [4.78, 5) is 14.3. The number of carbonyl (C=O) groups is 1. The number of hydrogen-bond acceptors (Lipinski definition) is 2. The molecule has 3 heteroatoms. The van der Waals surface area contributed by atoms with Crippen LogP contribution in [0.5, 0.6) is 0 Å². The smallest absolute Gasteiger partial charge is 0.238 e. The second-order valence-corrected chi connectivity index (χ2v) is 5.18. The van der Waals surface area contributed by atoms with Crippen LogP contribution in [0.25, 0.3) is 0 Å². The molecule has 0 spiro atoms. The fourth-order valence-electron chi connectivity index (χ4n) is 2.48. The third-order valence-electron chi connectivity index (χ3n) is 3.71. The van der Waals surface area contributed by atoms with Crippen molar-refractivity contribution >= 4 is 11.6 Å². The monoisotopic (exact) mass is 246 g/mol. The number of hydrogen-bond donors (Lipinski definition) is 1. The van der Waals surface area contributed by atoms with Crippen molar-refractivity contribution in [2.24, 2.45) is 0 Å². The molecule has 1 saturated heterocycles. The minimum Gasteiger partial charge on any atom is -0.325 e. The van der Waals surface area contributed by atoms with Crippen molar-refractivity contribution < 1.29 is 4.79 Å². The molecule has 1 aromatic carbocycles. The summed E-state index contributed by atoms with van der Waals surface area (Å²) in [5.41, 5.74) is 2.03. The van der Waals surface area contributed by atoms with Crippen LogP contribution in [0, 0.1) is 6.92 Å². The van der Waals surface area contributed by atoms with E-state index in [1.807, 2.05) is 31.2 Å². The van der Waals surface area contributed by atoms with E-state index in [-0.39, 0.29) is 5.91 Å². The van der Waals surface area contributed by atoms with E-state index >= 15 is 0 Å². The number of rotatable bonds is 3. The van der Waals surface area contributed by atoms with E-state index in [2.05, 4.69) is 17.1 Å². The summed E-state index contributed by atoms with van der Waals surface area (Å²) in [7, 11) is 0. The van der Waals surface area contributed by atoms with Gasteiger partial charge < -0.3 is 5.32 Å². The second kappa shape index (κ2) is 6.01. The van der Waals surface area contributed by atoms with Gasteiger partial charge >= 0.3 is 0 Å². The SMILES string of the molecule is Cc1ccccc1NC(=O)CN1CCCC[C@@H]1C. The Bertz CT molecular complexity index is 417. The van der Waals surface area contributed by atoms with Gasteiger partial charge in [0.05, 0.1) is 6.54 Å². The summed E-state index contributed by atoms with van der Waals surface area (Å²) in [6, 6.07) is 8.43. The summed E-state index contributed by atoms with van der Waals surface area (Å²) in [6.45, 7) is 5.77. The Morgan fingerprint density at radius 2 is 2.17 bits per heavy atom. The number of aryl methyl sites for hydroxylation is 1. The summed E-state index contributed by atoms with van der Waals surface area (Å²) < 4.78 is 0. The third-order valence-corrected chi connectivity index (χ3v) is 3.71. The third kappa shape index (κ3) is 3.33. The van der Waals surface area contributed by atoms with Crippen LogP contribution in [-0.2, 0) is 4.79 Å². The van der Waals surface area contributed by atoms with Gasteiger partial charge in [0.2, 0.25) is 5.91 Å². The maximum Gasteiger partial charge on any atom is 0.238 e. The molecule has 1 amide bonds. The van der Waals surface area contributed by atoms with E-state index < -0.39 is 0 Å². The van der Waals surface area contributed by atoms with E-state index in [1.165, 1.54) is 19.3 Å². The zero-order valence-corrected chi connectivity index (χ0v) is 11.3. The van der Waals surface area contributed by atoms with Crippen LogP contribution in [0.15, 0.2) is 24.3 Å². The molecule has 18 heavy (non-hydrogen) atoms. The van der Waals surface area contributed by atoms with E-state index in [1.54, 1.807) is 0 Å². The van der Waals surface area contributed by atoms with Gasteiger partial charge in [0.25, 0.3) is 0 Å². The lowest BCUT2D eigenvalue weighted by Crippen LogP contribution is -2.42. The lowest BCUT2D eigenvalue weighted by Gasteiger charge is -2.32. The predicted molar refractivity (Wildman–Crippen MR) is 74.7 cm³/mol. The molecule has 1 N–H and O–H groups in total. The first-order valence-electron chi connectivity index (χ1n) is 6.76. The average molecular weight is 246 g/mol. The largest absolute Gasteiger partial charge is 0.325 e. The number of anilines is 1. The highest BCUT2D eigenvalue weighted by Gasteiger charge is 2.20. The molecule has 0 bridgehead atoms. The Kier molecular flexibility index (Phi) is 4.37. The number of likely N-dealkylation sites (tertiary alicyclic amines) is 1. The first kappa shape index (κ1) is 13.1. The van der Waals surface area contributed by atoms with Crippen LogP contribution in [0.1, 0.15) is 31.7 Å². The van der Waals surface area contributed by atoms with Gasteiger partial charge in [-0.15, -0.1) is 0 Å². The number of nitrogens with zero attached hydrogens (tertiary/aromatic N) is 1. The van der Waals surface area contributed by atoms with Crippen LogP contribution in [0.3, 0.4) is 0 Å². The van der Waals surface area contributed by atoms with Gasteiger partial charge in [-0.3, -0.25) is 9.69 Å². The van der Waals surface area contributed by atoms with Crippen molar-refractivity contribution in [1.82, 2.24) is 4.90 Å². The Morgan fingerprint density at radius 1 is 1.39 bits per heavy atom. The summed E-state index contributed by atoms with van der Waals surface area (Å²) in [5, 5.41) is 3.00. The normalized spacial score (nSPS) is 20.7. The molecule has 3 nitrogen and oxygen atoms in total. The molecular formula is C15H22N2O. The van der Waals surface area contributed by atoms with Gasteiger partial charge in [0, 0.05) is 11.7 Å². The highest BCUT2D eigenvalue weighted by atomic mass is 16.2. The topological polar surface area (TPSA) is 32.3 Å². The molecule has 1 atom stereocenters. The molecule has 1 aliphatic rings. The Hall–Kier alpha value is -1.35. The predicted octanol–water partition coefficient (Wildman–Crippen LogP) is 2.81. The molecule has 0 saturated carbocycles. The molecule has 1 fully saturated rings. The number of nitrogens with one attached hydrogen (secondary N) is 1. The van der Waals surface area contributed by atoms with Crippen LogP contribution >= 0.6 is 0 Å². The summed E-state index contributed by atoms with van der Waals surface area (Å²) >= 11 is 0. The number of piperidine rings is 1. The molecule has 0 unspecified atom stereocenters.